The number of para-hydroxylation sites is 1. The molecule has 20 heavy (non-hydrogen) atoms. The zero-order chi connectivity index (χ0) is 14.9. The van der Waals surface area contributed by atoms with E-state index in [2.05, 4.69) is 31.4 Å². The zero-order valence-electron chi connectivity index (χ0n) is 12.9. The first kappa shape index (κ1) is 15.2. The molecular formula is C16H23ClN2O. The Hall–Kier alpha value is -1.22. The van der Waals surface area contributed by atoms with E-state index in [1.807, 2.05) is 26.0 Å². The number of aromatic nitrogens is 2. The Morgan fingerprint density at radius 2 is 1.95 bits per heavy atom. The van der Waals surface area contributed by atoms with E-state index in [-0.39, 0.29) is 5.38 Å². The molecule has 0 radical (unpaired) electrons. The second-order valence-electron chi connectivity index (χ2n) is 5.50. The molecular weight excluding hydrogens is 272 g/mol. The zero-order valence-corrected chi connectivity index (χ0v) is 13.6. The van der Waals surface area contributed by atoms with Gasteiger partial charge >= 0.3 is 0 Å². The second-order valence-corrected chi connectivity index (χ2v) is 6.15. The Morgan fingerprint density at radius 1 is 1.25 bits per heavy atom. The lowest BCUT2D eigenvalue weighted by atomic mass is 10.1. The number of halogens is 1. The van der Waals surface area contributed by atoms with Gasteiger partial charge in [-0.3, -0.25) is 0 Å². The molecule has 0 aliphatic carbocycles. The summed E-state index contributed by atoms with van der Waals surface area (Å²) in [5.74, 6) is 2.26. The molecule has 2 aromatic rings. The minimum absolute atomic E-state index is 0.127. The van der Waals surface area contributed by atoms with Gasteiger partial charge in [0.05, 0.1) is 17.5 Å². The third-order valence-corrected chi connectivity index (χ3v) is 3.93. The quantitative estimate of drug-likeness (QED) is 0.729. The maximum atomic E-state index is 6.33. The Balaban J connectivity index is 2.70. The van der Waals surface area contributed by atoms with Gasteiger partial charge in [0, 0.05) is 6.04 Å². The number of imidazole rings is 1. The molecule has 110 valence electrons. The fourth-order valence-electron chi connectivity index (χ4n) is 2.39. The van der Waals surface area contributed by atoms with Crippen LogP contribution in [0.2, 0.25) is 0 Å². The van der Waals surface area contributed by atoms with Gasteiger partial charge in [0.15, 0.2) is 0 Å². The van der Waals surface area contributed by atoms with Crippen molar-refractivity contribution in [2.75, 3.05) is 6.61 Å². The molecule has 0 saturated carbocycles. The smallest absolute Gasteiger partial charge is 0.147 e. The Morgan fingerprint density at radius 3 is 2.50 bits per heavy atom. The molecule has 0 spiro atoms. The van der Waals surface area contributed by atoms with Crippen LogP contribution in [0.15, 0.2) is 18.2 Å². The number of fused-ring (bicyclic) bond motifs is 1. The van der Waals surface area contributed by atoms with Crippen LogP contribution >= 0.6 is 11.6 Å². The van der Waals surface area contributed by atoms with Gasteiger partial charge in [-0.25, -0.2) is 4.98 Å². The molecule has 0 saturated heterocycles. The molecule has 2 rings (SSSR count). The number of hydrogen-bond acceptors (Lipinski definition) is 2. The molecule has 1 aromatic heterocycles. The van der Waals surface area contributed by atoms with Gasteiger partial charge in [0.2, 0.25) is 0 Å². The first-order valence-electron chi connectivity index (χ1n) is 7.25. The highest BCUT2D eigenvalue weighted by Gasteiger charge is 2.22. The standard InChI is InChI=1S/C16H23ClN2O/c1-6-20-14-9-7-8-13-15(14)18-16(11(4)17)19(13)12(5)10(2)3/h7-12H,6H2,1-5H3. The van der Waals surface area contributed by atoms with Gasteiger partial charge in [-0.15, -0.1) is 11.6 Å². The van der Waals surface area contributed by atoms with Crippen molar-refractivity contribution in [3.63, 3.8) is 0 Å². The number of benzene rings is 1. The highest BCUT2D eigenvalue weighted by Crippen LogP contribution is 2.34. The summed E-state index contributed by atoms with van der Waals surface area (Å²) < 4.78 is 7.94. The van der Waals surface area contributed by atoms with E-state index in [1.165, 1.54) is 0 Å². The van der Waals surface area contributed by atoms with Gasteiger partial charge in [-0.2, -0.15) is 0 Å². The monoisotopic (exact) mass is 294 g/mol. The number of hydrogen-bond donors (Lipinski definition) is 0. The van der Waals surface area contributed by atoms with Crippen molar-refractivity contribution in [3.8, 4) is 5.75 Å². The molecule has 1 aromatic carbocycles. The van der Waals surface area contributed by atoms with E-state index in [0.29, 0.717) is 18.6 Å². The molecule has 1 heterocycles. The van der Waals surface area contributed by atoms with Gasteiger partial charge in [-0.05, 0) is 38.8 Å². The van der Waals surface area contributed by atoms with Gasteiger partial charge in [0.25, 0.3) is 0 Å². The summed E-state index contributed by atoms with van der Waals surface area (Å²) in [7, 11) is 0. The Kier molecular flexibility index (Phi) is 4.59. The van der Waals surface area contributed by atoms with E-state index in [0.717, 1.165) is 22.6 Å². The van der Waals surface area contributed by atoms with Crippen LogP contribution in [-0.4, -0.2) is 16.2 Å². The number of ether oxygens (including phenoxy) is 1. The van der Waals surface area contributed by atoms with Gasteiger partial charge in [-0.1, -0.05) is 19.9 Å². The summed E-state index contributed by atoms with van der Waals surface area (Å²) in [5.41, 5.74) is 2.00. The highest BCUT2D eigenvalue weighted by atomic mass is 35.5. The Bertz CT molecular complexity index is 589. The summed E-state index contributed by atoms with van der Waals surface area (Å²) in [4.78, 5) is 4.74. The fourth-order valence-corrected chi connectivity index (χ4v) is 2.54. The highest BCUT2D eigenvalue weighted by molar-refractivity contribution is 6.20. The third kappa shape index (κ3) is 2.64. The average Bonchev–Trinajstić information content (AvgIpc) is 2.78. The SMILES string of the molecule is CCOc1cccc2c1nc(C(C)Cl)n2C(C)C(C)C. The molecule has 0 amide bonds. The van der Waals surface area contributed by atoms with Crippen LogP contribution in [0.1, 0.15) is 51.9 Å². The average molecular weight is 295 g/mol. The molecule has 2 atom stereocenters. The van der Waals surface area contributed by atoms with Crippen LogP contribution < -0.4 is 4.74 Å². The third-order valence-electron chi connectivity index (χ3n) is 3.74. The van der Waals surface area contributed by atoms with Crippen molar-refractivity contribution in [2.45, 2.75) is 46.0 Å². The minimum Gasteiger partial charge on any atom is -0.492 e. The molecule has 0 bridgehead atoms. The van der Waals surface area contributed by atoms with Crippen molar-refractivity contribution in [2.24, 2.45) is 5.92 Å². The van der Waals surface area contributed by atoms with E-state index in [4.69, 9.17) is 21.3 Å². The number of rotatable bonds is 5. The summed E-state index contributed by atoms with van der Waals surface area (Å²) in [6, 6.07) is 6.41. The normalized spacial score (nSPS) is 14.8. The molecule has 0 aliphatic rings. The summed E-state index contributed by atoms with van der Waals surface area (Å²) in [6.07, 6.45) is 0. The van der Waals surface area contributed by atoms with Crippen LogP contribution in [0, 0.1) is 5.92 Å². The summed E-state index contributed by atoms with van der Waals surface area (Å²) in [6.45, 7) is 11.2. The largest absolute Gasteiger partial charge is 0.492 e. The summed E-state index contributed by atoms with van der Waals surface area (Å²) in [5, 5.41) is -0.127. The van der Waals surface area contributed by atoms with Crippen molar-refractivity contribution < 1.29 is 4.74 Å². The van der Waals surface area contributed by atoms with Crippen molar-refractivity contribution in [1.82, 2.24) is 9.55 Å². The second kappa shape index (κ2) is 6.04. The van der Waals surface area contributed by atoms with Crippen molar-refractivity contribution in [3.05, 3.63) is 24.0 Å². The first-order chi connectivity index (χ1) is 9.47. The predicted molar refractivity (Wildman–Crippen MR) is 84.7 cm³/mol. The van der Waals surface area contributed by atoms with E-state index in [1.54, 1.807) is 0 Å². The van der Waals surface area contributed by atoms with Crippen LogP contribution in [0.3, 0.4) is 0 Å². The number of nitrogens with zero attached hydrogens (tertiary/aromatic N) is 2. The molecule has 2 unspecified atom stereocenters. The lowest BCUT2D eigenvalue weighted by Gasteiger charge is -2.22. The van der Waals surface area contributed by atoms with Crippen molar-refractivity contribution >= 4 is 22.6 Å². The Labute approximate surface area is 125 Å². The van der Waals surface area contributed by atoms with Crippen LogP contribution in [0.5, 0.6) is 5.75 Å². The first-order valence-corrected chi connectivity index (χ1v) is 7.68. The maximum Gasteiger partial charge on any atom is 0.147 e. The number of alkyl halides is 1. The van der Waals surface area contributed by atoms with Crippen LogP contribution in [0.25, 0.3) is 11.0 Å². The lowest BCUT2D eigenvalue weighted by Crippen LogP contribution is -2.14. The maximum absolute atomic E-state index is 6.33. The van der Waals surface area contributed by atoms with Gasteiger partial charge < -0.3 is 9.30 Å². The molecule has 4 heteroatoms. The molecule has 0 aliphatic heterocycles. The molecule has 0 fully saturated rings. The van der Waals surface area contributed by atoms with Crippen molar-refractivity contribution in [1.29, 1.82) is 0 Å². The van der Waals surface area contributed by atoms with E-state index in [9.17, 15) is 0 Å². The minimum atomic E-state index is -0.127. The predicted octanol–water partition coefficient (Wildman–Crippen LogP) is 4.95. The van der Waals surface area contributed by atoms with Crippen LogP contribution in [-0.2, 0) is 0 Å². The van der Waals surface area contributed by atoms with E-state index < -0.39 is 0 Å². The van der Waals surface area contributed by atoms with Crippen LogP contribution in [0.4, 0.5) is 0 Å². The molecule has 0 N–H and O–H groups in total. The van der Waals surface area contributed by atoms with Gasteiger partial charge in [0.1, 0.15) is 17.1 Å². The fraction of sp³-hybridized carbons (Fsp3) is 0.562. The molecule has 3 nitrogen and oxygen atoms in total. The topological polar surface area (TPSA) is 27.1 Å². The lowest BCUT2D eigenvalue weighted by molar-refractivity contribution is 0.343. The van der Waals surface area contributed by atoms with E-state index >= 15 is 0 Å². The summed E-state index contributed by atoms with van der Waals surface area (Å²) >= 11 is 6.33.